The maximum absolute atomic E-state index is 2.51. The number of rotatable bonds is 3. The van der Waals surface area contributed by atoms with E-state index >= 15 is 0 Å². The van der Waals surface area contributed by atoms with Crippen molar-refractivity contribution >= 4 is 0 Å². The van der Waals surface area contributed by atoms with Crippen LogP contribution in [0.4, 0.5) is 0 Å². The minimum Gasteiger partial charge on any atom is -0.0683 e. The average molecular weight is 1270 g/mol. The van der Waals surface area contributed by atoms with Crippen molar-refractivity contribution in [2.75, 3.05) is 0 Å². The third-order valence-corrected chi connectivity index (χ3v) is 28.0. The molecule has 0 aromatic rings. The van der Waals surface area contributed by atoms with E-state index in [0.29, 0.717) is 0 Å². The van der Waals surface area contributed by atoms with Gasteiger partial charge in [0.25, 0.3) is 0 Å². The average Bonchev–Trinajstić information content (AvgIpc) is 1.60. The first kappa shape index (κ1) is 85.2. The van der Waals surface area contributed by atoms with Gasteiger partial charge in [-0.25, -0.2) is 0 Å². The lowest BCUT2D eigenvalue weighted by atomic mass is 9.56. The summed E-state index contributed by atoms with van der Waals surface area (Å²) in [7, 11) is 0. The Morgan fingerprint density at radius 2 is 0.374 bits per heavy atom. The molecule has 0 saturated heterocycles. The summed E-state index contributed by atoms with van der Waals surface area (Å²) in [6, 6.07) is 0. The van der Waals surface area contributed by atoms with E-state index in [0.717, 1.165) is 107 Å². The highest BCUT2D eigenvalue weighted by Crippen LogP contribution is 2.54. The van der Waals surface area contributed by atoms with Crippen molar-refractivity contribution in [1.82, 2.24) is 0 Å². The first-order chi connectivity index (χ1) is 44.0. The van der Waals surface area contributed by atoms with Crippen molar-refractivity contribution in [3.63, 3.8) is 0 Å². The molecular weight excluding hydrogens is 1090 g/mol. The number of hydrogen-bond acceptors (Lipinski definition) is 0. The molecule has 15 rings (SSSR count). The van der Waals surface area contributed by atoms with Crippen LogP contribution in [-0.4, -0.2) is 0 Å². The lowest BCUT2D eigenvalue weighted by Crippen LogP contribution is -2.38. The molecule has 0 amide bonds. The Hall–Kier alpha value is 0. The summed E-state index contributed by atoms with van der Waals surface area (Å²) in [6.45, 7) is 45.0. The third kappa shape index (κ3) is 34.1. The molecule has 12 atom stereocenters. The Kier molecular flexibility index (Phi) is 47.1. The van der Waals surface area contributed by atoms with Gasteiger partial charge in [-0.1, -0.05) is 338 Å². The van der Waals surface area contributed by atoms with E-state index in [9.17, 15) is 0 Å². The molecule has 15 aliphatic carbocycles. The van der Waals surface area contributed by atoms with Crippen LogP contribution in [0.3, 0.4) is 0 Å². The maximum Gasteiger partial charge on any atom is -0.0358 e. The summed E-state index contributed by atoms with van der Waals surface area (Å²) in [4.78, 5) is 0. The lowest BCUT2D eigenvalue weighted by Gasteiger charge is -2.49. The molecule has 6 bridgehead atoms. The molecule has 0 aromatic carbocycles. The van der Waals surface area contributed by atoms with E-state index < -0.39 is 0 Å². The van der Waals surface area contributed by atoms with Gasteiger partial charge in [0.15, 0.2) is 0 Å². The van der Waals surface area contributed by atoms with E-state index in [1.54, 1.807) is 109 Å². The van der Waals surface area contributed by atoms with Gasteiger partial charge in [-0.2, -0.15) is 0 Å². The highest BCUT2D eigenvalue weighted by molar-refractivity contribution is 4.93. The molecule has 91 heavy (non-hydrogen) atoms. The van der Waals surface area contributed by atoms with Gasteiger partial charge in [-0.15, -0.1) is 0 Å². The van der Waals surface area contributed by atoms with Crippen LogP contribution < -0.4 is 0 Å². The zero-order valence-electron chi connectivity index (χ0n) is 67.1. The minimum absolute atomic E-state index is 1.00. The molecule has 15 saturated carbocycles. The summed E-state index contributed by atoms with van der Waals surface area (Å²) in [5.41, 5.74) is 0. The molecule has 15 aliphatic rings. The molecule has 0 radical (unpaired) electrons. The van der Waals surface area contributed by atoms with Gasteiger partial charge in [-0.05, 0) is 245 Å². The fourth-order valence-electron chi connectivity index (χ4n) is 22.1. The third-order valence-electron chi connectivity index (χ3n) is 28.0. The molecule has 0 nitrogen and oxygen atoms in total. The molecule has 0 aromatic heterocycles. The summed E-state index contributed by atoms with van der Waals surface area (Å²) in [5, 5.41) is 0. The van der Waals surface area contributed by atoms with Gasteiger partial charge in [0.2, 0.25) is 0 Å². The predicted octanol–water partition coefficient (Wildman–Crippen LogP) is 31.5. The lowest BCUT2D eigenvalue weighted by molar-refractivity contribution is 0.0198. The second-order valence-corrected chi connectivity index (χ2v) is 35.9. The molecule has 0 spiro atoms. The number of fused-ring (bicyclic) bond motifs is 2. The molecule has 0 aliphatic heterocycles. The van der Waals surface area contributed by atoms with Gasteiger partial charge >= 0.3 is 0 Å². The van der Waals surface area contributed by atoms with Crippen molar-refractivity contribution in [2.24, 2.45) is 142 Å². The normalized spacial score (nSPS) is 41.5. The van der Waals surface area contributed by atoms with Gasteiger partial charge in [0.1, 0.15) is 0 Å². The smallest absolute Gasteiger partial charge is 0.0358 e. The van der Waals surface area contributed by atoms with Crippen molar-refractivity contribution in [2.45, 2.75) is 440 Å². The van der Waals surface area contributed by atoms with E-state index in [1.807, 2.05) is 55.4 Å². The Morgan fingerprint density at radius 1 is 0.143 bits per heavy atom. The van der Waals surface area contributed by atoms with Crippen LogP contribution >= 0.6 is 0 Å². The number of hydrogen-bond donors (Lipinski definition) is 0. The van der Waals surface area contributed by atoms with Gasteiger partial charge < -0.3 is 0 Å². The fourth-order valence-corrected chi connectivity index (χ4v) is 22.1. The van der Waals surface area contributed by atoms with Crippen LogP contribution in [0.15, 0.2) is 0 Å². The Bertz CT molecular complexity index is 1450. The second-order valence-electron chi connectivity index (χ2n) is 35.9. The molecule has 12 unspecified atom stereocenters. The molecule has 15 fully saturated rings. The molecule has 542 valence electrons. The zero-order chi connectivity index (χ0) is 67.1. The van der Waals surface area contributed by atoms with Crippen LogP contribution in [0.25, 0.3) is 0 Å². The van der Waals surface area contributed by atoms with Crippen LogP contribution in [0.5, 0.6) is 0 Å². The van der Waals surface area contributed by atoms with Crippen molar-refractivity contribution < 1.29 is 0 Å². The van der Waals surface area contributed by atoms with Crippen LogP contribution in [0.2, 0.25) is 0 Å². The highest BCUT2D eigenvalue weighted by atomic mass is 14.5. The van der Waals surface area contributed by atoms with Crippen LogP contribution in [0, 0.1) is 142 Å². The Labute approximate surface area is 579 Å². The van der Waals surface area contributed by atoms with Crippen LogP contribution in [-0.2, 0) is 0 Å². The minimum atomic E-state index is 1.00. The predicted molar refractivity (Wildman–Crippen MR) is 414 cm³/mol. The standard InChI is InChI=1S/3C14H26.C10H16.3C8H16.C7H12.4C2H6/c1-11-3-7-13(8-4-11)14-9-5-12(2)6-10-14;1-11-5-3-7-13(9-11)14-8-4-6-12(2)10-14;1-11-7-3-5-9-13(11)14-10-6-4-8-12(14)2;1-7-2-9-4-8(1)5-10(3-7)6-9;1-7-3-5-8(2)6-4-7;1-7-4-3-5-8(2)6-7;1-7-5-3-4-6-8(7)2;1-2-7-4-3-6(1)5-7;4*1-2/h3*11-14H,3-10H2,1-2H3;7-10H,1-6H2;3*7-8H,3-6H2,1-2H3;6-7H,1-5H2;4*1-2H3. The first-order valence-electron chi connectivity index (χ1n) is 44.0. The SMILES string of the molecule is C1C2CC3CC1CC(C2)C3.C1CC2CCC1C2.CC.CC.CC.CC.CC1CCC(C)CC1.CC1CCC(C2CCC(C)CC2)CC1.CC1CCCC(C)C1.CC1CCCC(C2CCCC(C)C2)C1.CC1CCCCC1C.CC1CCCCC1C1CCCCC1C. The fraction of sp³-hybridized carbons (Fsp3) is 1.00. The van der Waals surface area contributed by atoms with E-state index in [1.165, 1.54) is 228 Å². The largest absolute Gasteiger partial charge is 0.0683 e. The molecule has 0 N–H and O–H groups in total. The molecular formula is C91H178. The van der Waals surface area contributed by atoms with Gasteiger partial charge in [-0.3, -0.25) is 0 Å². The maximum atomic E-state index is 2.51. The monoisotopic (exact) mass is 1270 g/mol. The quantitative estimate of drug-likeness (QED) is 0.264. The zero-order valence-corrected chi connectivity index (χ0v) is 67.1. The van der Waals surface area contributed by atoms with Crippen molar-refractivity contribution in [1.29, 1.82) is 0 Å². The van der Waals surface area contributed by atoms with Crippen LogP contribution in [0.1, 0.15) is 440 Å². The summed E-state index contributed by atoms with van der Waals surface area (Å²) >= 11 is 0. The summed E-state index contributed by atoms with van der Waals surface area (Å²) in [5.74, 6) is 25.8. The van der Waals surface area contributed by atoms with E-state index in [2.05, 4.69) is 83.1 Å². The summed E-state index contributed by atoms with van der Waals surface area (Å²) in [6.07, 6.45) is 71.7. The second kappa shape index (κ2) is 50.3. The Balaban J connectivity index is 0.000000270. The molecule has 0 heteroatoms. The van der Waals surface area contributed by atoms with Crippen molar-refractivity contribution in [3.05, 3.63) is 0 Å². The molecule has 0 heterocycles. The van der Waals surface area contributed by atoms with Crippen molar-refractivity contribution in [3.8, 4) is 0 Å². The topological polar surface area (TPSA) is 0 Å². The highest BCUT2D eigenvalue weighted by Gasteiger charge is 2.42. The van der Waals surface area contributed by atoms with E-state index in [-0.39, 0.29) is 0 Å². The van der Waals surface area contributed by atoms with Gasteiger partial charge in [0.05, 0.1) is 0 Å². The van der Waals surface area contributed by atoms with Gasteiger partial charge in [0, 0.05) is 0 Å². The first-order valence-corrected chi connectivity index (χ1v) is 44.0. The van der Waals surface area contributed by atoms with E-state index in [4.69, 9.17) is 0 Å². The Morgan fingerprint density at radius 3 is 0.593 bits per heavy atom. The summed E-state index contributed by atoms with van der Waals surface area (Å²) < 4.78 is 0.